The summed E-state index contributed by atoms with van der Waals surface area (Å²) in [6.07, 6.45) is 15.3. The van der Waals surface area contributed by atoms with Crippen molar-refractivity contribution in [3.05, 3.63) is 162 Å². The number of aromatic hydroxyl groups is 5. The average molecular weight is 788 g/mol. The van der Waals surface area contributed by atoms with Gasteiger partial charge in [0.2, 0.25) is 17.2 Å². The Morgan fingerprint density at radius 3 is 2.32 bits per heavy atom. The van der Waals surface area contributed by atoms with E-state index in [1.54, 1.807) is 18.2 Å². The molecule has 5 N–H and O–H groups in total. The fourth-order valence-corrected chi connectivity index (χ4v) is 9.73. The van der Waals surface area contributed by atoms with E-state index in [0.29, 0.717) is 22.5 Å². The van der Waals surface area contributed by atoms with Crippen LogP contribution < -0.4 is 0 Å². The Morgan fingerprint density at radius 2 is 1.50 bits per heavy atom. The van der Waals surface area contributed by atoms with E-state index < -0.39 is 28.7 Å². The van der Waals surface area contributed by atoms with Crippen LogP contribution in [0.3, 0.4) is 0 Å². The van der Waals surface area contributed by atoms with E-state index in [1.165, 1.54) is 16.7 Å². The molecule has 2 atom stereocenters. The molecule has 0 bridgehead atoms. The van der Waals surface area contributed by atoms with Gasteiger partial charge in [0.15, 0.2) is 11.5 Å². The Morgan fingerprint density at radius 1 is 0.750 bits per heavy atom. The first-order chi connectivity index (χ1) is 29.3. The van der Waals surface area contributed by atoms with Crippen molar-refractivity contribution < 1.29 is 29.9 Å². The summed E-state index contributed by atoms with van der Waals surface area (Å²) < 4.78 is 9.15. The molecule has 2 unspecified atom stereocenters. The van der Waals surface area contributed by atoms with Crippen molar-refractivity contribution in [3.8, 4) is 39.9 Å². The number of hydrogen-bond donors (Lipinski definition) is 5. The summed E-state index contributed by atoms with van der Waals surface area (Å²) >= 11 is 0. The van der Waals surface area contributed by atoms with Gasteiger partial charge in [-0.1, -0.05) is 103 Å². The van der Waals surface area contributed by atoms with Gasteiger partial charge in [0.1, 0.15) is 18.0 Å². The van der Waals surface area contributed by atoms with Gasteiger partial charge in [0.05, 0.1) is 28.0 Å². The number of fused-ring (bicyclic) bond motifs is 12. The highest BCUT2D eigenvalue weighted by molar-refractivity contribution is 6.21. The zero-order valence-electron chi connectivity index (χ0n) is 32.2. The summed E-state index contributed by atoms with van der Waals surface area (Å²) in [6.45, 7) is 4.16. The Hall–Kier alpha value is -7.78. The largest absolute Gasteiger partial charge is 0.504 e. The lowest BCUT2D eigenvalue weighted by molar-refractivity contribution is 0.330. The van der Waals surface area contributed by atoms with Crippen LogP contribution in [0.15, 0.2) is 153 Å². The number of furan rings is 1. The number of aromatic nitrogens is 1. The van der Waals surface area contributed by atoms with Gasteiger partial charge in [-0.05, 0) is 72.0 Å². The van der Waals surface area contributed by atoms with Crippen LogP contribution in [0, 0.1) is 5.92 Å². The van der Waals surface area contributed by atoms with E-state index in [1.807, 2.05) is 48.5 Å². The number of phenolic OH excluding ortho intramolecular Hbond substituents is 5. The molecular formula is C51H37N3O6. The van der Waals surface area contributed by atoms with Crippen molar-refractivity contribution in [3.63, 3.8) is 0 Å². The molecule has 0 aliphatic heterocycles. The van der Waals surface area contributed by atoms with Crippen LogP contribution in [-0.4, -0.2) is 42.5 Å². The lowest BCUT2D eigenvalue weighted by atomic mass is 9.69. The second-order valence-electron chi connectivity index (χ2n) is 15.5. The minimum Gasteiger partial charge on any atom is -0.504 e. The molecule has 9 heteroatoms. The zero-order chi connectivity index (χ0) is 40.8. The maximum atomic E-state index is 10.9. The molecule has 0 saturated carbocycles. The smallest absolute Gasteiger partial charge is 0.208 e. The molecule has 6 aromatic carbocycles. The van der Waals surface area contributed by atoms with E-state index in [2.05, 4.69) is 83.1 Å². The molecule has 292 valence electrons. The topological polar surface area (TPSA) is 144 Å². The molecule has 8 aromatic rings. The summed E-state index contributed by atoms with van der Waals surface area (Å²) in [5.74, 6) is -3.24. The Labute approximate surface area is 343 Å². The average Bonchev–Trinajstić information content (AvgIpc) is 3.84. The highest BCUT2D eigenvalue weighted by atomic mass is 16.4. The van der Waals surface area contributed by atoms with Gasteiger partial charge >= 0.3 is 0 Å². The number of rotatable bonds is 6. The number of phenols is 5. The van der Waals surface area contributed by atoms with Crippen LogP contribution in [0.5, 0.6) is 28.7 Å². The van der Waals surface area contributed by atoms with Crippen LogP contribution in [0.1, 0.15) is 41.2 Å². The quantitative estimate of drug-likeness (QED) is 0.0645. The maximum absolute atomic E-state index is 10.9. The zero-order valence-corrected chi connectivity index (χ0v) is 32.2. The van der Waals surface area contributed by atoms with Crippen LogP contribution in [0.4, 0.5) is 5.69 Å². The number of aliphatic imine (C=N–C) groups is 2. The van der Waals surface area contributed by atoms with Crippen molar-refractivity contribution in [2.75, 3.05) is 0 Å². The molecule has 3 aliphatic carbocycles. The summed E-state index contributed by atoms with van der Waals surface area (Å²) in [6, 6.07) is 31.4. The molecule has 0 spiro atoms. The number of allylic oxidation sites excluding steroid dienone is 8. The highest BCUT2D eigenvalue weighted by Gasteiger charge is 2.38. The van der Waals surface area contributed by atoms with E-state index in [0.717, 1.165) is 62.1 Å². The first-order valence-corrected chi connectivity index (χ1v) is 19.9. The van der Waals surface area contributed by atoms with Crippen LogP contribution >= 0.6 is 0 Å². The second-order valence-corrected chi connectivity index (χ2v) is 15.5. The molecule has 3 aliphatic rings. The van der Waals surface area contributed by atoms with Crippen LogP contribution in [0.2, 0.25) is 0 Å². The molecule has 0 amide bonds. The molecule has 11 rings (SSSR count). The third kappa shape index (κ3) is 5.05. The number of para-hydroxylation sites is 1. The molecule has 0 radical (unpaired) electrons. The Bertz CT molecular complexity index is 3310. The first-order valence-electron chi connectivity index (χ1n) is 19.9. The van der Waals surface area contributed by atoms with Crippen molar-refractivity contribution in [1.29, 1.82) is 0 Å². The van der Waals surface area contributed by atoms with Gasteiger partial charge in [-0.15, -0.1) is 0 Å². The second kappa shape index (κ2) is 13.4. The van der Waals surface area contributed by atoms with Gasteiger partial charge in [-0.25, -0.2) is 0 Å². The van der Waals surface area contributed by atoms with Crippen molar-refractivity contribution in [2.24, 2.45) is 15.9 Å². The van der Waals surface area contributed by atoms with Gasteiger partial charge in [-0.2, -0.15) is 0 Å². The van der Waals surface area contributed by atoms with Crippen molar-refractivity contribution in [2.45, 2.75) is 25.4 Å². The molecule has 9 nitrogen and oxygen atoms in total. The minimum atomic E-state index is -1.02. The summed E-state index contributed by atoms with van der Waals surface area (Å²) in [4.78, 5) is 10.00. The molecule has 0 fully saturated rings. The number of nitrogens with zero attached hydrogens (tertiary/aromatic N) is 3. The van der Waals surface area contributed by atoms with E-state index in [-0.39, 0.29) is 29.6 Å². The van der Waals surface area contributed by atoms with Crippen LogP contribution in [0.25, 0.3) is 60.2 Å². The van der Waals surface area contributed by atoms with Gasteiger partial charge in [0.25, 0.3) is 0 Å². The summed E-state index contributed by atoms with van der Waals surface area (Å²) in [5.41, 5.74) is 9.13. The highest BCUT2D eigenvalue weighted by Crippen LogP contribution is 2.56. The number of hydrogen-bond acceptors (Lipinski definition) is 8. The lowest BCUT2D eigenvalue weighted by Crippen LogP contribution is -2.20. The standard InChI is InChI=1S/C51H37N3O6/c1-52-44-30-14-3-2-11-27(30)21-22-37(44)43(29-13-10-12-28(25-29)40-46(55)48(57)50(59)49(58)47(40)56)53-26-54-38-20-9-8-17-33(38)35-23-24-39-42(45(35)54)41-34-18-6-4-15-31(34)32-16-5-7-19-36(32)51(41)60-39/h2-6,8-18,20-25,31,34,55-59H,1,7,19,26H2/b53-43-. The summed E-state index contributed by atoms with van der Waals surface area (Å²) in [7, 11) is 0. The van der Waals surface area contributed by atoms with Crippen molar-refractivity contribution in [1.82, 2.24) is 4.57 Å². The molecule has 2 aromatic heterocycles. The molecule has 60 heavy (non-hydrogen) atoms. The van der Waals surface area contributed by atoms with Crippen LogP contribution in [-0.2, 0) is 6.67 Å². The fraction of sp³-hybridized carbons (Fsp3) is 0.0980. The van der Waals surface area contributed by atoms with E-state index >= 15 is 0 Å². The fourth-order valence-electron chi connectivity index (χ4n) is 9.73. The van der Waals surface area contributed by atoms with Crippen molar-refractivity contribution >= 4 is 67.2 Å². The monoisotopic (exact) mass is 787 g/mol. The van der Waals surface area contributed by atoms with E-state index in [9.17, 15) is 25.5 Å². The predicted molar refractivity (Wildman–Crippen MR) is 238 cm³/mol. The normalized spacial score (nSPS) is 17.2. The third-order valence-electron chi connectivity index (χ3n) is 12.4. The van der Waals surface area contributed by atoms with Gasteiger partial charge < -0.3 is 34.5 Å². The first kappa shape index (κ1) is 35.4. The van der Waals surface area contributed by atoms with Gasteiger partial charge in [0, 0.05) is 50.1 Å². The Kier molecular flexibility index (Phi) is 7.90. The molecular weight excluding hydrogens is 751 g/mol. The number of benzene rings is 6. The predicted octanol–water partition coefficient (Wildman–Crippen LogP) is 11.7. The SMILES string of the molecule is C=Nc1c(/C(=N\Cn2c3ccccc3c3ccc4oc5c(c4c32)C2C=CC=CC2C2=C5CCC=C2)c2cccc(-c3c(O)c(O)c(O)c(O)c3O)c2)ccc2ccccc12. The molecule has 2 heterocycles. The Balaban J connectivity index is 1.17. The van der Waals surface area contributed by atoms with E-state index in [4.69, 9.17) is 9.41 Å². The minimum absolute atomic E-state index is 0.0945. The summed E-state index contributed by atoms with van der Waals surface area (Å²) in [5, 5.41) is 58.1. The lowest BCUT2D eigenvalue weighted by Gasteiger charge is -2.33. The van der Waals surface area contributed by atoms with Gasteiger partial charge in [-0.3, -0.25) is 9.98 Å². The maximum Gasteiger partial charge on any atom is 0.208 e. The molecule has 0 saturated heterocycles. The third-order valence-corrected chi connectivity index (χ3v) is 12.4.